The van der Waals surface area contributed by atoms with E-state index in [4.69, 9.17) is 5.73 Å². The maximum Gasteiger partial charge on any atom is 0.254 e. The van der Waals surface area contributed by atoms with E-state index in [0.29, 0.717) is 29.1 Å². The molecule has 2 aromatic rings. The lowest BCUT2D eigenvalue weighted by molar-refractivity contribution is 0.0608. The van der Waals surface area contributed by atoms with E-state index in [1.54, 1.807) is 6.07 Å². The molecule has 2 N–H and O–H groups in total. The van der Waals surface area contributed by atoms with Gasteiger partial charge in [-0.25, -0.2) is 0 Å². The molecule has 1 aromatic carbocycles. The Kier molecular flexibility index (Phi) is 5.24. The highest BCUT2D eigenvalue weighted by atomic mass is 16.2. The van der Waals surface area contributed by atoms with Crippen molar-refractivity contribution in [1.29, 1.82) is 0 Å². The first kappa shape index (κ1) is 20.2. The van der Waals surface area contributed by atoms with Crippen LogP contribution in [0.5, 0.6) is 0 Å². The van der Waals surface area contributed by atoms with Crippen molar-refractivity contribution in [2.75, 3.05) is 30.3 Å². The molecule has 5 rings (SSSR count). The molecule has 3 atom stereocenters. The molecule has 4 heterocycles. The van der Waals surface area contributed by atoms with E-state index in [1.165, 1.54) is 6.42 Å². The number of pyridine rings is 1. The number of amides is 1. The minimum Gasteiger partial charge on any atom is -0.397 e. The van der Waals surface area contributed by atoms with Gasteiger partial charge >= 0.3 is 0 Å². The lowest BCUT2D eigenvalue weighted by atomic mass is 9.83. The van der Waals surface area contributed by atoms with E-state index in [9.17, 15) is 9.59 Å². The van der Waals surface area contributed by atoms with Crippen molar-refractivity contribution in [3.05, 3.63) is 58.0 Å². The Hall–Kier alpha value is -2.76. The van der Waals surface area contributed by atoms with Crippen LogP contribution >= 0.6 is 0 Å². The van der Waals surface area contributed by atoms with E-state index >= 15 is 0 Å². The molecule has 0 saturated carbocycles. The first-order valence-electron chi connectivity index (χ1n) is 11.7. The molecule has 6 heteroatoms. The first-order valence-corrected chi connectivity index (χ1v) is 11.7. The Morgan fingerprint density at radius 1 is 1.13 bits per heavy atom. The number of anilines is 2. The average Bonchev–Trinajstić information content (AvgIpc) is 2.79. The summed E-state index contributed by atoms with van der Waals surface area (Å²) in [5.41, 5.74) is 10.1. The van der Waals surface area contributed by atoms with Crippen LogP contribution in [0.4, 0.5) is 11.4 Å². The number of benzene rings is 1. The van der Waals surface area contributed by atoms with Crippen LogP contribution in [-0.4, -0.2) is 41.1 Å². The maximum atomic E-state index is 13.2. The van der Waals surface area contributed by atoms with Crippen molar-refractivity contribution in [2.24, 2.45) is 5.92 Å². The molecule has 1 aromatic heterocycles. The van der Waals surface area contributed by atoms with Crippen LogP contribution in [0.2, 0.25) is 0 Å². The summed E-state index contributed by atoms with van der Waals surface area (Å²) in [7, 11) is 0. The number of hydrogen-bond acceptors (Lipinski definition) is 4. The lowest BCUT2D eigenvalue weighted by Gasteiger charge is -2.44. The maximum absolute atomic E-state index is 13.2. The summed E-state index contributed by atoms with van der Waals surface area (Å²) in [5.74, 6) is 0.875. The number of nitrogen functional groups attached to an aromatic ring is 1. The Bertz CT molecular complexity index is 1050. The zero-order valence-electron chi connectivity index (χ0n) is 18.3. The van der Waals surface area contributed by atoms with Gasteiger partial charge in [-0.15, -0.1) is 0 Å². The topological polar surface area (TPSA) is 71.6 Å². The minimum atomic E-state index is 0.103. The Morgan fingerprint density at radius 3 is 2.81 bits per heavy atom. The molecule has 31 heavy (non-hydrogen) atoms. The monoisotopic (exact) mass is 420 g/mol. The molecule has 164 valence electrons. The summed E-state index contributed by atoms with van der Waals surface area (Å²) in [6, 6.07) is 11.8. The van der Waals surface area contributed by atoms with Crippen molar-refractivity contribution in [1.82, 2.24) is 9.47 Å². The van der Waals surface area contributed by atoms with E-state index < -0.39 is 0 Å². The van der Waals surface area contributed by atoms with Crippen molar-refractivity contribution < 1.29 is 4.79 Å². The Balaban J connectivity index is 1.37. The predicted octanol–water partition coefficient (Wildman–Crippen LogP) is 3.46. The van der Waals surface area contributed by atoms with Gasteiger partial charge in [0, 0.05) is 55.5 Å². The van der Waals surface area contributed by atoms with Crippen LogP contribution < -0.4 is 16.2 Å². The number of nitrogens with zero attached hydrogens (tertiary/aromatic N) is 3. The molecule has 3 aliphatic rings. The van der Waals surface area contributed by atoms with Gasteiger partial charge in [-0.1, -0.05) is 13.0 Å². The average molecular weight is 421 g/mol. The lowest BCUT2D eigenvalue weighted by Crippen LogP contribution is -2.47. The van der Waals surface area contributed by atoms with Crippen LogP contribution in [0, 0.1) is 5.92 Å². The predicted molar refractivity (Wildman–Crippen MR) is 124 cm³/mol. The van der Waals surface area contributed by atoms with Gasteiger partial charge in [0.2, 0.25) is 0 Å². The third kappa shape index (κ3) is 3.62. The zero-order valence-corrected chi connectivity index (χ0v) is 18.3. The second kappa shape index (κ2) is 8.06. The summed E-state index contributed by atoms with van der Waals surface area (Å²) in [4.78, 5) is 29.8. The number of fused-ring (bicyclic) bond motifs is 4. The number of likely N-dealkylation sites (tertiary alicyclic amines) is 1. The number of hydrogen-bond donors (Lipinski definition) is 1. The molecule has 0 spiro atoms. The number of rotatable bonds is 3. The zero-order chi connectivity index (χ0) is 21.5. The quantitative estimate of drug-likeness (QED) is 0.772. The molecule has 2 bridgehead atoms. The van der Waals surface area contributed by atoms with E-state index in [0.717, 1.165) is 63.2 Å². The third-order valence-corrected chi connectivity index (χ3v) is 7.45. The Morgan fingerprint density at radius 2 is 2.00 bits per heavy atom. The highest BCUT2D eigenvalue weighted by Gasteiger charge is 2.35. The first-order chi connectivity index (χ1) is 15.0. The molecular weight excluding hydrogens is 388 g/mol. The summed E-state index contributed by atoms with van der Waals surface area (Å²) in [5, 5.41) is 0. The van der Waals surface area contributed by atoms with Crippen LogP contribution in [-0.2, 0) is 6.54 Å². The van der Waals surface area contributed by atoms with E-state index in [-0.39, 0.29) is 11.5 Å². The number of carbonyl (C=O) groups excluding carboxylic acids is 1. The van der Waals surface area contributed by atoms with Crippen molar-refractivity contribution >= 4 is 17.3 Å². The van der Waals surface area contributed by atoms with E-state index in [1.807, 2.05) is 33.7 Å². The number of nitrogens with two attached hydrogens (primary N) is 1. The van der Waals surface area contributed by atoms with Gasteiger partial charge < -0.3 is 20.1 Å². The van der Waals surface area contributed by atoms with Crippen molar-refractivity contribution in [3.8, 4) is 0 Å². The molecule has 6 nitrogen and oxygen atoms in total. The van der Waals surface area contributed by atoms with Gasteiger partial charge in [-0.05, 0) is 62.3 Å². The van der Waals surface area contributed by atoms with Gasteiger partial charge in [0.15, 0.2) is 0 Å². The summed E-state index contributed by atoms with van der Waals surface area (Å²) in [6.45, 7) is 5.51. The van der Waals surface area contributed by atoms with Crippen molar-refractivity contribution in [2.45, 2.75) is 57.5 Å². The number of piperidine rings is 2. The molecule has 1 amide bonds. The SMILES string of the molecule is CCC1CCCCN1C(=O)c1ccc(N2CC3CC(C2)c2cccc(=O)n2C3)c(N)c1. The molecular formula is C25H32N4O2. The summed E-state index contributed by atoms with van der Waals surface area (Å²) in [6.07, 6.45) is 5.49. The Labute approximate surface area is 183 Å². The summed E-state index contributed by atoms with van der Waals surface area (Å²) >= 11 is 0. The van der Waals surface area contributed by atoms with Gasteiger partial charge in [0.05, 0.1) is 11.4 Å². The van der Waals surface area contributed by atoms with E-state index in [2.05, 4.69) is 17.9 Å². The smallest absolute Gasteiger partial charge is 0.254 e. The minimum absolute atomic E-state index is 0.103. The van der Waals surface area contributed by atoms with Gasteiger partial charge in [-0.2, -0.15) is 0 Å². The molecule has 2 fully saturated rings. The number of carbonyl (C=O) groups is 1. The second-order valence-corrected chi connectivity index (χ2v) is 9.43. The highest BCUT2D eigenvalue weighted by Crippen LogP contribution is 2.38. The largest absolute Gasteiger partial charge is 0.397 e. The normalized spacial score (nSPS) is 25.3. The summed E-state index contributed by atoms with van der Waals surface area (Å²) < 4.78 is 1.95. The fourth-order valence-electron chi connectivity index (χ4n) is 5.93. The van der Waals surface area contributed by atoms with Crippen LogP contribution in [0.25, 0.3) is 0 Å². The second-order valence-electron chi connectivity index (χ2n) is 9.43. The molecule has 0 aliphatic carbocycles. The number of aromatic nitrogens is 1. The molecule has 3 aliphatic heterocycles. The molecule has 0 radical (unpaired) electrons. The van der Waals surface area contributed by atoms with Gasteiger partial charge in [-0.3, -0.25) is 9.59 Å². The highest BCUT2D eigenvalue weighted by molar-refractivity contribution is 5.96. The third-order valence-electron chi connectivity index (χ3n) is 7.45. The molecule has 3 unspecified atom stereocenters. The van der Waals surface area contributed by atoms with Crippen LogP contribution in [0.3, 0.4) is 0 Å². The fraction of sp³-hybridized carbons (Fsp3) is 0.520. The molecule has 2 saturated heterocycles. The fourth-order valence-corrected chi connectivity index (χ4v) is 5.93. The van der Waals surface area contributed by atoms with Crippen molar-refractivity contribution in [3.63, 3.8) is 0 Å². The van der Waals surface area contributed by atoms with Crippen LogP contribution in [0.1, 0.15) is 61.0 Å². The van der Waals surface area contributed by atoms with Gasteiger partial charge in [0.25, 0.3) is 11.5 Å². The standard InChI is InChI=1S/C25H32N4O2/c1-2-20-6-3-4-11-28(20)25(31)18-9-10-23(21(26)13-18)27-14-17-12-19(16-27)22-7-5-8-24(30)29(22)15-17/h5,7-10,13,17,19-20H,2-4,6,11-12,14-16,26H2,1H3. The van der Waals surface area contributed by atoms with Crippen LogP contribution in [0.15, 0.2) is 41.2 Å². The van der Waals surface area contributed by atoms with Gasteiger partial charge in [0.1, 0.15) is 0 Å².